The molecule has 1 N–H and O–H groups in total. The summed E-state index contributed by atoms with van der Waals surface area (Å²) >= 11 is 6.18. The third kappa shape index (κ3) is 2.25. The van der Waals surface area contributed by atoms with E-state index in [1.54, 1.807) is 36.9 Å². The van der Waals surface area contributed by atoms with E-state index in [2.05, 4.69) is 26.3 Å². The Bertz CT molecular complexity index is 825. The van der Waals surface area contributed by atoms with Crippen molar-refractivity contribution in [3.8, 4) is 6.07 Å². The average Bonchev–Trinajstić information content (AvgIpc) is 2.48. The molecule has 0 fully saturated rings. The summed E-state index contributed by atoms with van der Waals surface area (Å²) in [7, 11) is 0. The molecule has 0 saturated carbocycles. The fourth-order valence-electron chi connectivity index (χ4n) is 1.85. The summed E-state index contributed by atoms with van der Waals surface area (Å²) in [5.74, 6) is 0. The largest absolute Gasteiger partial charge is 0.353 e. The molecule has 0 radical (unpaired) electrons. The highest BCUT2D eigenvalue weighted by atomic mass is 35.5. The van der Waals surface area contributed by atoms with Gasteiger partial charge in [0.15, 0.2) is 0 Å². The summed E-state index contributed by atoms with van der Waals surface area (Å²) in [5.41, 5.74) is 3.19. The maximum Gasteiger partial charge on any atom is 0.107 e. The van der Waals surface area contributed by atoms with E-state index >= 15 is 0 Å². The molecule has 0 spiro atoms. The molecule has 0 unspecified atom stereocenters. The lowest BCUT2D eigenvalue weighted by molar-refractivity contribution is 1.29. The van der Waals surface area contributed by atoms with Crippen molar-refractivity contribution < 1.29 is 0 Å². The number of benzene rings is 1. The molecule has 5 nitrogen and oxygen atoms in total. The zero-order valence-corrected chi connectivity index (χ0v) is 11.0. The normalized spacial score (nSPS) is 10.2. The standard InChI is InChI=1S/C14H8ClN5/c15-11-5-10(6-12-14(11)19-4-3-18-12)20-13-8-17-2-1-9(13)7-16/h1-6,8,20H. The minimum atomic E-state index is 0.500. The first-order valence-corrected chi connectivity index (χ1v) is 6.17. The van der Waals surface area contributed by atoms with E-state index in [4.69, 9.17) is 16.9 Å². The first-order chi connectivity index (χ1) is 9.78. The zero-order chi connectivity index (χ0) is 13.9. The van der Waals surface area contributed by atoms with Crippen molar-refractivity contribution in [2.45, 2.75) is 0 Å². The van der Waals surface area contributed by atoms with Crippen LogP contribution in [-0.4, -0.2) is 15.0 Å². The summed E-state index contributed by atoms with van der Waals surface area (Å²) in [5, 5.41) is 12.7. The van der Waals surface area contributed by atoms with Crippen LogP contribution in [0.15, 0.2) is 43.0 Å². The Morgan fingerprint density at radius 1 is 1.15 bits per heavy atom. The van der Waals surface area contributed by atoms with Crippen molar-refractivity contribution in [3.05, 3.63) is 53.6 Å². The number of anilines is 2. The van der Waals surface area contributed by atoms with E-state index in [1.807, 2.05) is 6.07 Å². The Morgan fingerprint density at radius 3 is 2.85 bits per heavy atom. The van der Waals surface area contributed by atoms with Gasteiger partial charge in [0.25, 0.3) is 0 Å². The number of nitrogens with one attached hydrogen (secondary N) is 1. The fraction of sp³-hybridized carbons (Fsp3) is 0. The summed E-state index contributed by atoms with van der Waals surface area (Å²) in [6, 6.07) is 7.31. The first kappa shape index (κ1) is 12.3. The van der Waals surface area contributed by atoms with Crippen LogP contribution in [0.4, 0.5) is 11.4 Å². The number of pyridine rings is 1. The highest BCUT2D eigenvalue weighted by Crippen LogP contribution is 2.27. The molecule has 3 aromatic rings. The van der Waals surface area contributed by atoms with Crippen molar-refractivity contribution in [2.24, 2.45) is 0 Å². The van der Waals surface area contributed by atoms with Crippen molar-refractivity contribution in [1.82, 2.24) is 15.0 Å². The number of hydrogen-bond donors (Lipinski definition) is 1. The smallest absolute Gasteiger partial charge is 0.107 e. The number of rotatable bonds is 2. The molecule has 2 heterocycles. The fourth-order valence-corrected chi connectivity index (χ4v) is 2.11. The zero-order valence-electron chi connectivity index (χ0n) is 10.2. The second-order valence-corrected chi connectivity index (χ2v) is 4.45. The van der Waals surface area contributed by atoms with Gasteiger partial charge in [-0.3, -0.25) is 15.0 Å². The van der Waals surface area contributed by atoms with Crippen LogP contribution in [-0.2, 0) is 0 Å². The SMILES string of the molecule is N#Cc1ccncc1Nc1cc(Cl)c2nccnc2c1. The molecule has 2 aromatic heterocycles. The third-order valence-electron chi connectivity index (χ3n) is 2.75. The Balaban J connectivity index is 2.05. The predicted molar refractivity (Wildman–Crippen MR) is 76.8 cm³/mol. The monoisotopic (exact) mass is 281 g/mol. The Morgan fingerprint density at radius 2 is 2.00 bits per heavy atom. The number of halogens is 1. The molecular weight excluding hydrogens is 274 g/mol. The molecule has 0 aliphatic rings. The lowest BCUT2D eigenvalue weighted by atomic mass is 10.2. The molecule has 6 heteroatoms. The van der Waals surface area contributed by atoms with Crippen molar-refractivity contribution in [2.75, 3.05) is 5.32 Å². The van der Waals surface area contributed by atoms with Gasteiger partial charge in [0.2, 0.25) is 0 Å². The highest BCUT2D eigenvalue weighted by Gasteiger charge is 2.06. The molecule has 0 aliphatic heterocycles. The lowest BCUT2D eigenvalue weighted by Crippen LogP contribution is -1.95. The summed E-state index contributed by atoms with van der Waals surface area (Å²) in [4.78, 5) is 12.4. The van der Waals surface area contributed by atoms with Crippen LogP contribution in [0.3, 0.4) is 0 Å². The van der Waals surface area contributed by atoms with Gasteiger partial charge in [-0.25, -0.2) is 0 Å². The van der Waals surface area contributed by atoms with Crippen LogP contribution < -0.4 is 5.32 Å². The number of hydrogen-bond acceptors (Lipinski definition) is 5. The van der Waals surface area contributed by atoms with E-state index in [-0.39, 0.29) is 0 Å². The molecular formula is C14H8ClN5. The van der Waals surface area contributed by atoms with Crippen LogP contribution in [0.25, 0.3) is 11.0 Å². The van der Waals surface area contributed by atoms with Crippen molar-refractivity contribution >= 4 is 34.0 Å². The van der Waals surface area contributed by atoms with Gasteiger partial charge in [-0.2, -0.15) is 5.26 Å². The van der Waals surface area contributed by atoms with Gasteiger partial charge >= 0.3 is 0 Å². The second kappa shape index (κ2) is 5.11. The number of fused-ring (bicyclic) bond motifs is 1. The average molecular weight is 282 g/mol. The van der Waals surface area contributed by atoms with Gasteiger partial charge in [0.1, 0.15) is 11.6 Å². The molecule has 0 atom stereocenters. The summed E-state index contributed by atoms with van der Waals surface area (Å²) < 4.78 is 0. The van der Waals surface area contributed by atoms with E-state index in [0.29, 0.717) is 27.3 Å². The molecule has 0 aliphatic carbocycles. The van der Waals surface area contributed by atoms with Gasteiger partial charge < -0.3 is 5.32 Å². The Kier molecular flexibility index (Phi) is 3.15. The Hall–Kier alpha value is -2.71. The van der Waals surface area contributed by atoms with Crippen LogP contribution >= 0.6 is 11.6 Å². The lowest BCUT2D eigenvalue weighted by Gasteiger charge is -2.09. The first-order valence-electron chi connectivity index (χ1n) is 5.79. The van der Waals surface area contributed by atoms with E-state index in [0.717, 1.165) is 5.69 Å². The van der Waals surface area contributed by atoms with Crippen LogP contribution in [0.2, 0.25) is 5.02 Å². The molecule has 0 amide bonds. The maximum atomic E-state index is 9.06. The minimum absolute atomic E-state index is 0.500. The molecule has 96 valence electrons. The topological polar surface area (TPSA) is 74.5 Å². The molecule has 20 heavy (non-hydrogen) atoms. The quantitative estimate of drug-likeness (QED) is 0.780. The molecule has 0 bridgehead atoms. The van der Waals surface area contributed by atoms with E-state index in [1.165, 1.54) is 0 Å². The highest BCUT2D eigenvalue weighted by molar-refractivity contribution is 6.35. The maximum absolute atomic E-state index is 9.06. The molecule has 3 rings (SSSR count). The Labute approximate surface area is 119 Å². The predicted octanol–water partition coefficient (Wildman–Crippen LogP) is 3.29. The summed E-state index contributed by atoms with van der Waals surface area (Å²) in [6.45, 7) is 0. The summed E-state index contributed by atoms with van der Waals surface area (Å²) in [6.07, 6.45) is 6.36. The van der Waals surface area contributed by atoms with Crippen LogP contribution in [0.5, 0.6) is 0 Å². The van der Waals surface area contributed by atoms with Crippen LogP contribution in [0, 0.1) is 11.3 Å². The number of aromatic nitrogens is 3. The van der Waals surface area contributed by atoms with E-state index < -0.39 is 0 Å². The molecule has 1 aromatic carbocycles. The minimum Gasteiger partial charge on any atom is -0.353 e. The number of nitrogens with zero attached hydrogens (tertiary/aromatic N) is 4. The van der Waals surface area contributed by atoms with Crippen molar-refractivity contribution in [1.29, 1.82) is 5.26 Å². The van der Waals surface area contributed by atoms with Gasteiger partial charge in [-0.05, 0) is 18.2 Å². The van der Waals surface area contributed by atoms with Crippen molar-refractivity contribution in [3.63, 3.8) is 0 Å². The second-order valence-electron chi connectivity index (χ2n) is 4.04. The van der Waals surface area contributed by atoms with Crippen LogP contribution in [0.1, 0.15) is 5.56 Å². The third-order valence-corrected chi connectivity index (χ3v) is 3.04. The van der Waals surface area contributed by atoms with Gasteiger partial charge in [-0.1, -0.05) is 11.6 Å². The van der Waals surface area contributed by atoms with E-state index in [9.17, 15) is 0 Å². The number of nitriles is 1. The van der Waals surface area contributed by atoms with Gasteiger partial charge in [0.05, 0.1) is 28.0 Å². The van der Waals surface area contributed by atoms with Gasteiger partial charge in [-0.15, -0.1) is 0 Å². The molecule has 0 saturated heterocycles. The van der Waals surface area contributed by atoms with Gasteiger partial charge in [0, 0.05) is 24.3 Å².